The largest absolute Gasteiger partial charge is 0.463 e. The molecule has 1 aromatic rings. The minimum Gasteiger partial charge on any atom is -0.463 e. The maximum atomic E-state index is 12.6. The summed E-state index contributed by atoms with van der Waals surface area (Å²) in [6.45, 7) is 5.59. The molecular weight excluding hydrogens is 318 g/mol. The maximum Gasteiger partial charge on any atom is 0.338 e. The topological polar surface area (TPSA) is 70.7 Å². The van der Waals surface area contributed by atoms with Crippen molar-refractivity contribution in [1.82, 2.24) is 15.5 Å². The Hall–Kier alpha value is -2.34. The van der Waals surface area contributed by atoms with Crippen LogP contribution in [-0.4, -0.2) is 43.6 Å². The number of urea groups is 1. The molecule has 6 nitrogen and oxygen atoms in total. The first-order chi connectivity index (χ1) is 12.1. The quantitative estimate of drug-likeness (QED) is 0.711. The molecule has 1 unspecified atom stereocenters. The summed E-state index contributed by atoms with van der Waals surface area (Å²) in [6.07, 6.45) is 2.15. The van der Waals surface area contributed by atoms with E-state index < -0.39 is 12.0 Å². The number of esters is 1. The van der Waals surface area contributed by atoms with Gasteiger partial charge in [-0.3, -0.25) is 0 Å². The van der Waals surface area contributed by atoms with Crippen LogP contribution in [0.4, 0.5) is 4.79 Å². The molecule has 136 valence electrons. The summed E-state index contributed by atoms with van der Waals surface area (Å²) in [7, 11) is 1.98. The normalized spacial score (nSPS) is 17.3. The molecular formula is C19H27N3O3. The predicted molar refractivity (Wildman–Crippen MR) is 96.9 cm³/mol. The highest BCUT2D eigenvalue weighted by Crippen LogP contribution is 2.27. The molecule has 1 aliphatic rings. The first-order valence-corrected chi connectivity index (χ1v) is 8.78. The van der Waals surface area contributed by atoms with Crippen molar-refractivity contribution in [2.75, 3.05) is 26.7 Å². The molecule has 25 heavy (non-hydrogen) atoms. The minimum atomic E-state index is -0.511. The molecule has 6 heteroatoms. The van der Waals surface area contributed by atoms with E-state index in [-0.39, 0.29) is 12.6 Å². The number of benzene rings is 1. The molecule has 0 spiro atoms. The smallest absolute Gasteiger partial charge is 0.338 e. The molecule has 1 heterocycles. The summed E-state index contributed by atoms with van der Waals surface area (Å²) in [5, 5.41) is 5.64. The van der Waals surface area contributed by atoms with Crippen LogP contribution in [0, 0.1) is 0 Å². The Morgan fingerprint density at radius 2 is 1.96 bits per heavy atom. The van der Waals surface area contributed by atoms with Crippen molar-refractivity contribution < 1.29 is 14.3 Å². The number of carbonyl (C=O) groups excluding carboxylic acids is 2. The lowest BCUT2D eigenvalue weighted by Gasteiger charge is -2.31. The third-order valence-electron chi connectivity index (χ3n) is 4.10. The van der Waals surface area contributed by atoms with Gasteiger partial charge in [-0.15, -0.1) is 0 Å². The summed E-state index contributed by atoms with van der Waals surface area (Å²) in [5.41, 5.74) is 1.93. The summed E-state index contributed by atoms with van der Waals surface area (Å²) in [5.74, 6) is -0.400. The molecule has 0 saturated heterocycles. The highest BCUT2D eigenvalue weighted by molar-refractivity contribution is 5.95. The van der Waals surface area contributed by atoms with E-state index in [2.05, 4.69) is 22.5 Å². The van der Waals surface area contributed by atoms with Gasteiger partial charge in [-0.1, -0.05) is 43.7 Å². The van der Waals surface area contributed by atoms with Crippen molar-refractivity contribution in [2.24, 2.45) is 0 Å². The van der Waals surface area contributed by atoms with E-state index in [4.69, 9.17) is 4.74 Å². The number of hydrogen-bond acceptors (Lipinski definition) is 4. The van der Waals surface area contributed by atoms with Gasteiger partial charge in [0.15, 0.2) is 0 Å². The van der Waals surface area contributed by atoms with Gasteiger partial charge in [0.2, 0.25) is 0 Å². The average molecular weight is 345 g/mol. The fourth-order valence-corrected chi connectivity index (χ4v) is 2.87. The van der Waals surface area contributed by atoms with Crippen molar-refractivity contribution in [1.29, 1.82) is 0 Å². The Morgan fingerprint density at radius 1 is 1.24 bits per heavy atom. The molecule has 0 aliphatic carbocycles. The number of carbonyl (C=O) groups is 2. The zero-order chi connectivity index (χ0) is 18.2. The monoisotopic (exact) mass is 345 g/mol. The summed E-state index contributed by atoms with van der Waals surface area (Å²) < 4.78 is 5.25. The van der Waals surface area contributed by atoms with E-state index in [9.17, 15) is 9.59 Å². The van der Waals surface area contributed by atoms with Crippen LogP contribution in [0.15, 0.2) is 41.6 Å². The standard InChI is InChI=1S/C19H27N3O3/c1-4-6-12-22(3)13-15-16(18(23)25-5-2)17(21-19(24)20-15)14-10-8-7-9-11-14/h7-11,17H,4-6,12-13H2,1-3H3,(H2,20,21,24). The second-order valence-electron chi connectivity index (χ2n) is 6.15. The maximum absolute atomic E-state index is 12.6. The van der Waals surface area contributed by atoms with Crippen LogP contribution in [0.25, 0.3) is 0 Å². The molecule has 0 saturated carbocycles. The molecule has 2 N–H and O–H groups in total. The summed E-state index contributed by atoms with van der Waals surface area (Å²) >= 11 is 0. The number of unbranched alkanes of at least 4 members (excludes halogenated alkanes) is 1. The van der Waals surface area contributed by atoms with Crippen LogP contribution in [0.5, 0.6) is 0 Å². The second-order valence-corrected chi connectivity index (χ2v) is 6.15. The van der Waals surface area contributed by atoms with Crippen LogP contribution in [0.2, 0.25) is 0 Å². The summed E-state index contributed by atoms with van der Waals surface area (Å²) in [4.78, 5) is 26.9. The number of nitrogens with one attached hydrogen (secondary N) is 2. The fourth-order valence-electron chi connectivity index (χ4n) is 2.87. The van der Waals surface area contributed by atoms with Crippen LogP contribution in [0.3, 0.4) is 0 Å². The lowest BCUT2D eigenvalue weighted by atomic mass is 9.95. The lowest BCUT2D eigenvalue weighted by molar-refractivity contribution is -0.139. The van der Waals surface area contributed by atoms with Crippen molar-refractivity contribution >= 4 is 12.0 Å². The van der Waals surface area contributed by atoms with Crippen molar-refractivity contribution in [3.8, 4) is 0 Å². The van der Waals surface area contributed by atoms with Gasteiger partial charge in [0.1, 0.15) is 0 Å². The van der Waals surface area contributed by atoms with Crippen molar-refractivity contribution in [3.63, 3.8) is 0 Å². The van der Waals surface area contributed by atoms with Crippen LogP contribution >= 0.6 is 0 Å². The van der Waals surface area contributed by atoms with Crippen molar-refractivity contribution in [2.45, 2.75) is 32.7 Å². The number of likely N-dealkylation sites (N-methyl/N-ethyl adjacent to an activating group) is 1. The Labute approximate surface area is 149 Å². The number of ether oxygens (including phenoxy) is 1. The summed E-state index contributed by atoms with van der Waals surface area (Å²) in [6, 6.07) is 8.66. The van der Waals surface area contributed by atoms with Gasteiger partial charge in [-0.25, -0.2) is 9.59 Å². The first-order valence-electron chi connectivity index (χ1n) is 8.78. The third kappa shape index (κ3) is 5.06. The Balaban J connectivity index is 2.38. The number of rotatable bonds is 8. The van der Waals surface area contributed by atoms with Gasteiger partial charge >= 0.3 is 12.0 Å². The van der Waals surface area contributed by atoms with Gasteiger partial charge < -0.3 is 20.3 Å². The van der Waals surface area contributed by atoms with E-state index in [0.717, 1.165) is 24.9 Å². The van der Waals surface area contributed by atoms with Crippen molar-refractivity contribution in [3.05, 3.63) is 47.2 Å². The second kappa shape index (κ2) is 9.22. The van der Waals surface area contributed by atoms with Gasteiger partial charge in [-0.05, 0) is 32.5 Å². The van der Waals surface area contributed by atoms with Crippen LogP contribution < -0.4 is 10.6 Å². The van der Waals surface area contributed by atoms with Gasteiger partial charge in [-0.2, -0.15) is 0 Å². The van der Waals surface area contributed by atoms with Crippen LogP contribution in [0.1, 0.15) is 38.3 Å². The molecule has 1 aliphatic heterocycles. The number of nitrogens with zero attached hydrogens (tertiary/aromatic N) is 1. The molecule has 1 atom stereocenters. The average Bonchev–Trinajstić information content (AvgIpc) is 2.60. The Kier molecular flexibility index (Phi) is 7.01. The van der Waals surface area contributed by atoms with E-state index in [1.807, 2.05) is 37.4 Å². The van der Waals surface area contributed by atoms with E-state index in [1.54, 1.807) is 6.92 Å². The number of amides is 2. The molecule has 0 aromatic heterocycles. The van der Waals surface area contributed by atoms with Crippen LogP contribution in [-0.2, 0) is 9.53 Å². The lowest BCUT2D eigenvalue weighted by Crippen LogP contribution is -2.48. The SMILES string of the molecule is CCCCN(C)CC1=C(C(=O)OCC)C(c2ccccc2)NC(=O)N1. The minimum absolute atomic E-state index is 0.288. The Bertz CT molecular complexity index is 628. The first kappa shape index (κ1) is 19.0. The molecule has 0 bridgehead atoms. The van der Waals surface area contributed by atoms with Gasteiger partial charge in [0.25, 0.3) is 0 Å². The highest BCUT2D eigenvalue weighted by atomic mass is 16.5. The van der Waals surface area contributed by atoms with Gasteiger partial charge in [0.05, 0.1) is 18.2 Å². The van der Waals surface area contributed by atoms with E-state index in [1.165, 1.54) is 0 Å². The predicted octanol–water partition coefficient (Wildman–Crippen LogP) is 2.59. The molecule has 0 fully saturated rings. The zero-order valence-electron chi connectivity index (χ0n) is 15.2. The van der Waals surface area contributed by atoms with Gasteiger partial charge in [0, 0.05) is 12.2 Å². The third-order valence-corrected chi connectivity index (χ3v) is 4.10. The highest BCUT2D eigenvalue weighted by Gasteiger charge is 2.33. The number of hydrogen-bond donors (Lipinski definition) is 2. The van der Waals surface area contributed by atoms with E-state index in [0.29, 0.717) is 17.8 Å². The fraction of sp³-hybridized carbons (Fsp3) is 0.474. The zero-order valence-corrected chi connectivity index (χ0v) is 15.2. The molecule has 2 amide bonds. The molecule has 0 radical (unpaired) electrons. The van der Waals surface area contributed by atoms with E-state index >= 15 is 0 Å². The molecule has 1 aromatic carbocycles. The Morgan fingerprint density at radius 3 is 2.60 bits per heavy atom. The molecule has 2 rings (SSSR count).